The number of nitrogens with one attached hydrogen (secondary N) is 1. The number of H-pyrrole nitrogens is 1. The molecule has 0 bridgehead atoms. The van der Waals surface area contributed by atoms with Crippen LogP contribution in [-0.2, 0) is 11.3 Å². The molecule has 1 saturated carbocycles. The van der Waals surface area contributed by atoms with Gasteiger partial charge in [-0.05, 0) is 12.0 Å². The normalized spacial score (nSPS) is 23.5. The Morgan fingerprint density at radius 3 is 2.70 bits per heavy atom. The summed E-state index contributed by atoms with van der Waals surface area (Å²) >= 11 is 0. The number of nitrogens with zero attached hydrogens (tertiary/aromatic N) is 1. The zero-order valence-electron chi connectivity index (χ0n) is 12.2. The van der Waals surface area contributed by atoms with Crippen LogP contribution < -0.4 is 11.2 Å². The molecule has 1 aromatic heterocycles. The van der Waals surface area contributed by atoms with Gasteiger partial charge in [0.2, 0.25) is 5.82 Å². The average Bonchev–Trinajstić information content (AvgIpc) is 2.55. The fourth-order valence-electron chi connectivity index (χ4n) is 2.72. The van der Waals surface area contributed by atoms with Gasteiger partial charge in [-0.1, -0.05) is 30.3 Å². The first kappa shape index (κ1) is 15.6. The lowest BCUT2D eigenvalue weighted by Crippen LogP contribution is -2.47. The van der Waals surface area contributed by atoms with Gasteiger partial charge < -0.3 is 4.74 Å². The van der Waals surface area contributed by atoms with E-state index in [0.29, 0.717) is 13.0 Å². The van der Waals surface area contributed by atoms with Crippen LogP contribution in [0.15, 0.2) is 46.1 Å². The molecule has 2 aromatic rings. The Kier molecular flexibility index (Phi) is 4.38. The number of rotatable bonds is 5. The van der Waals surface area contributed by atoms with Gasteiger partial charge >= 0.3 is 5.69 Å². The second-order valence-electron chi connectivity index (χ2n) is 5.65. The first-order valence-electron chi connectivity index (χ1n) is 7.33. The van der Waals surface area contributed by atoms with Crippen LogP contribution in [0.5, 0.6) is 0 Å². The van der Waals surface area contributed by atoms with E-state index >= 15 is 0 Å². The molecule has 0 saturated heterocycles. The molecule has 0 aliphatic heterocycles. The van der Waals surface area contributed by atoms with Gasteiger partial charge in [-0.2, -0.15) is 4.39 Å². The molecule has 5 nitrogen and oxygen atoms in total. The zero-order chi connectivity index (χ0) is 16.4. The van der Waals surface area contributed by atoms with Crippen molar-refractivity contribution >= 4 is 0 Å². The fourth-order valence-corrected chi connectivity index (χ4v) is 2.72. The minimum atomic E-state index is -1.31. The first-order chi connectivity index (χ1) is 11.1. The largest absolute Gasteiger partial charge is 0.376 e. The summed E-state index contributed by atoms with van der Waals surface area (Å²) in [7, 11) is 0. The quantitative estimate of drug-likeness (QED) is 0.913. The van der Waals surface area contributed by atoms with E-state index in [1.807, 2.05) is 35.3 Å². The maximum Gasteiger partial charge on any atom is 0.328 e. The van der Waals surface area contributed by atoms with Gasteiger partial charge in [0.05, 0.1) is 25.5 Å². The van der Waals surface area contributed by atoms with Gasteiger partial charge in [0.1, 0.15) is 6.17 Å². The van der Waals surface area contributed by atoms with Crippen molar-refractivity contribution in [2.24, 2.45) is 5.92 Å². The molecule has 0 amide bonds. The number of alkyl halides is 1. The molecule has 23 heavy (non-hydrogen) atoms. The number of halogens is 2. The Morgan fingerprint density at radius 1 is 1.26 bits per heavy atom. The molecule has 1 fully saturated rings. The van der Waals surface area contributed by atoms with Gasteiger partial charge in [0, 0.05) is 5.92 Å². The van der Waals surface area contributed by atoms with Gasteiger partial charge in [0.25, 0.3) is 5.56 Å². The molecular formula is C16H16F2N2O3. The highest BCUT2D eigenvalue weighted by atomic mass is 19.1. The van der Waals surface area contributed by atoms with Crippen molar-refractivity contribution in [2.75, 3.05) is 6.61 Å². The van der Waals surface area contributed by atoms with Crippen molar-refractivity contribution in [2.45, 2.75) is 25.2 Å². The van der Waals surface area contributed by atoms with E-state index in [1.165, 1.54) is 0 Å². The van der Waals surface area contributed by atoms with E-state index < -0.39 is 29.3 Å². The lowest BCUT2D eigenvalue weighted by molar-refractivity contribution is -0.0318. The lowest BCUT2D eigenvalue weighted by Gasteiger charge is -2.39. The highest BCUT2D eigenvalue weighted by molar-refractivity contribution is 5.13. The van der Waals surface area contributed by atoms with Crippen LogP contribution in [0, 0.1) is 11.7 Å². The third-order valence-corrected chi connectivity index (χ3v) is 4.09. The van der Waals surface area contributed by atoms with Gasteiger partial charge in [-0.25, -0.2) is 9.18 Å². The smallest absolute Gasteiger partial charge is 0.328 e. The van der Waals surface area contributed by atoms with Gasteiger partial charge in [0.15, 0.2) is 0 Å². The average molecular weight is 322 g/mol. The standard InChI is InChI=1S/C16H16F2N2O3/c17-12-7-20(16(22)19-15(12)21)13-6-11(14(13)18)9-23-8-10-4-2-1-3-5-10/h1-5,7,11,13-14H,6,8-9H2,(H,19,21,22)/t11-,13+,14-/m1/s1. The van der Waals surface area contributed by atoms with Gasteiger partial charge in [-0.3, -0.25) is 14.3 Å². The molecule has 3 atom stereocenters. The summed E-state index contributed by atoms with van der Waals surface area (Å²) in [4.78, 5) is 24.4. The molecule has 122 valence electrons. The maximum atomic E-state index is 14.2. The van der Waals surface area contributed by atoms with Crippen molar-refractivity contribution in [1.29, 1.82) is 0 Å². The molecule has 0 spiro atoms. The van der Waals surface area contributed by atoms with Crippen molar-refractivity contribution < 1.29 is 13.5 Å². The topological polar surface area (TPSA) is 64.1 Å². The second kappa shape index (κ2) is 6.45. The number of aromatic amines is 1. The van der Waals surface area contributed by atoms with E-state index in [0.717, 1.165) is 16.3 Å². The van der Waals surface area contributed by atoms with Gasteiger partial charge in [-0.15, -0.1) is 0 Å². The third-order valence-electron chi connectivity index (χ3n) is 4.09. The Morgan fingerprint density at radius 2 is 2.00 bits per heavy atom. The van der Waals surface area contributed by atoms with Crippen LogP contribution in [0.3, 0.4) is 0 Å². The predicted octanol–water partition coefficient (Wildman–Crippen LogP) is 1.79. The Labute approximate surface area is 130 Å². The van der Waals surface area contributed by atoms with Crippen molar-refractivity contribution in [1.82, 2.24) is 9.55 Å². The number of hydrogen-bond donors (Lipinski definition) is 1. The number of benzene rings is 1. The summed E-state index contributed by atoms with van der Waals surface area (Å²) in [6, 6.07) is 8.76. The zero-order valence-corrected chi connectivity index (χ0v) is 12.2. The number of ether oxygens (including phenoxy) is 1. The van der Waals surface area contributed by atoms with E-state index in [1.54, 1.807) is 0 Å². The van der Waals surface area contributed by atoms with E-state index in [-0.39, 0.29) is 12.5 Å². The molecular weight excluding hydrogens is 306 g/mol. The van der Waals surface area contributed by atoms with Crippen LogP contribution in [0.1, 0.15) is 18.0 Å². The minimum absolute atomic E-state index is 0.229. The van der Waals surface area contributed by atoms with Crippen molar-refractivity contribution in [3.8, 4) is 0 Å². The summed E-state index contributed by atoms with van der Waals surface area (Å²) in [6.45, 7) is 0.620. The van der Waals surface area contributed by atoms with Crippen LogP contribution >= 0.6 is 0 Å². The van der Waals surface area contributed by atoms with Crippen LogP contribution in [-0.4, -0.2) is 22.3 Å². The van der Waals surface area contributed by atoms with Crippen molar-refractivity contribution in [3.05, 3.63) is 68.7 Å². The predicted molar refractivity (Wildman–Crippen MR) is 79.4 cm³/mol. The summed E-state index contributed by atoms with van der Waals surface area (Å²) in [5.74, 6) is -1.44. The number of aromatic nitrogens is 2. The monoisotopic (exact) mass is 322 g/mol. The molecule has 1 aromatic carbocycles. The van der Waals surface area contributed by atoms with E-state index in [9.17, 15) is 18.4 Å². The second-order valence-corrected chi connectivity index (χ2v) is 5.65. The molecule has 1 N–H and O–H groups in total. The van der Waals surface area contributed by atoms with Crippen molar-refractivity contribution in [3.63, 3.8) is 0 Å². The van der Waals surface area contributed by atoms with Crippen LogP contribution in [0.25, 0.3) is 0 Å². The summed E-state index contributed by atoms with van der Waals surface area (Å²) < 4.78 is 33.9. The maximum absolute atomic E-state index is 14.2. The van der Waals surface area contributed by atoms with E-state index in [2.05, 4.69) is 0 Å². The molecule has 3 rings (SSSR count). The lowest BCUT2D eigenvalue weighted by atomic mass is 9.78. The third kappa shape index (κ3) is 3.24. The molecule has 0 unspecified atom stereocenters. The molecule has 1 heterocycles. The molecule has 7 heteroatoms. The Hall–Kier alpha value is -2.28. The Bertz CT molecular complexity index is 788. The molecule has 1 aliphatic carbocycles. The fraction of sp³-hybridized carbons (Fsp3) is 0.375. The molecule has 1 aliphatic rings. The molecule has 0 radical (unpaired) electrons. The van der Waals surface area contributed by atoms with Crippen LogP contribution in [0.2, 0.25) is 0 Å². The summed E-state index contributed by atoms with van der Waals surface area (Å²) in [5.41, 5.74) is -0.894. The minimum Gasteiger partial charge on any atom is -0.376 e. The SMILES string of the molecule is O=c1[nH]c(=O)n([C@H]2C[C@H](COCc3ccccc3)[C@H]2F)cc1F. The van der Waals surface area contributed by atoms with E-state index in [4.69, 9.17) is 4.74 Å². The Balaban J connectivity index is 1.56. The number of hydrogen-bond acceptors (Lipinski definition) is 3. The first-order valence-corrected chi connectivity index (χ1v) is 7.33. The summed E-state index contributed by atoms with van der Waals surface area (Å²) in [6.07, 6.45) is -0.186. The van der Waals surface area contributed by atoms with Crippen LogP contribution in [0.4, 0.5) is 8.78 Å². The highest BCUT2D eigenvalue weighted by Gasteiger charge is 2.43. The highest BCUT2D eigenvalue weighted by Crippen LogP contribution is 2.40. The summed E-state index contributed by atoms with van der Waals surface area (Å²) in [5, 5.41) is 0.